The van der Waals surface area contributed by atoms with Gasteiger partial charge in [0, 0.05) is 32.7 Å². The first-order valence-corrected chi connectivity index (χ1v) is 8.44. The Morgan fingerprint density at radius 1 is 1.16 bits per heavy atom. The number of hydrogen-bond acceptors (Lipinski definition) is 8. The molecule has 1 saturated heterocycles. The van der Waals surface area contributed by atoms with Gasteiger partial charge in [0.05, 0.1) is 26.5 Å². The zero-order valence-corrected chi connectivity index (χ0v) is 14.4. The third kappa shape index (κ3) is 5.54. The van der Waals surface area contributed by atoms with Crippen LogP contribution in [0.15, 0.2) is 30.5 Å². The third-order valence-corrected chi connectivity index (χ3v) is 4.01. The van der Waals surface area contributed by atoms with Crippen molar-refractivity contribution < 1.29 is 9.47 Å². The van der Waals surface area contributed by atoms with Gasteiger partial charge < -0.3 is 20.1 Å². The van der Waals surface area contributed by atoms with E-state index in [0.717, 1.165) is 56.5 Å². The van der Waals surface area contributed by atoms with Crippen molar-refractivity contribution in [3.63, 3.8) is 0 Å². The Hall–Kier alpha value is -2.45. The van der Waals surface area contributed by atoms with Gasteiger partial charge in [-0.25, -0.2) is 0 Å². The second-order valence-corrected chi connectivity index (χ2v) is 5.75. The van der Waals surface area contributed by atoms with Crippen molar-refractivity contribution in [3.8, 4) is 5.75 Å². The molecule has 1 aromatic carbocycles. The first-order chi connectivity index (χ1) is 12.3. The highest BCUT2D eigenvalue weighted by Crippen LogP contribution is 2.12. The van der Waals surface area contributed by atoms with Crippen molar-refractivity contribution in [2.45, 2.75) is 6.54 Å². The molecule has 1 fully saturated rings. The average Bonchev–Trinajstić information content (AvgIpc) is 2.68. The lowest BCUT2D eigenvalue weighted by molar-refractivity contribution is 0.0398. The molecule has 0 spiro atoms. The zero-order chi connectivity index (χ0) is 17.3. The Morgan fingerprint density at radius 2 is 1.96 bits per heavy atom. The Labute approximate surface area is 147 Å². The Balaban J connectivity index is 1.45. The van der Waals surface area contributed by atoms with Gasteiger partial charge in [0.1, 0.15) is 5.75 Å². The molecular formula is C17H24N6O2. The van der Waals surface area contributed by atoms with Crippen LogP contribution in [0.1, 0.15) is 5.56 Å². The van der Waals surface area contributed by atoms with E-state index >= 15 is 0 Å². The van der Waals surface area contributed by atoms with Crippen LogP contribution in [0.2, 0.25) is 0 Å². The monoisotopic (exact) mass is 344 g/mol. The highest BCUT2D eigenvalue weighted by atomic mass is 16.5. The standard InChI is InChI=1S/C17H24N6O2/c1-24-15-4-2-14(3-5-15)12-19-17-21-16(13-20-22-17)18-6-7-23-8-10-25-11-9-23/h2-5,13H,6-12H2,1H3,(H2,18,19,21,22). The molecule has 0 aliphatic carbocycles. The fraction of sp³-hybridized carbons (Fsp3) is 0.471. The van der Waals surface area contributed by atoms with Gasteiger partial charge >= 0.3 is 0 Å². The van der Waals surface area contributed by atoms with Crippen molar-refractivity contribution >= 4 is 11.8 Å². The molecule has 0 radical (unpaired) electrons. The summed E-state index contributed by atoms with van der Waals surface area (Å²) < 4.78 is 10.5. The summed E-state index contributed by atoms with van der Waals surface area (Å²) in [7, 11) is 1.66. The van der Waals surface area contributed by atoms with Gasteiger partial charge in [0.2, 0.25) is 5.95 Å². The van der Waals surface area contributed by atoms with Crippen LogP contribution >= 0.6 is 0 Å². The minimum absolute atomic E-state index is 0.507. The fourth-order valence-electron chi connectivity index (χ4n) is 2.55. The quantitative estimate of drug-likeness (QED) is 0.740. The van der Waals surface area contributed by atoms with Gasteiger partial charge in [0.25, 0.3) is 0 Å². The average molecular weight is 344 g/mol. The Bertz CT molecular complexity index is 646. The molecule has 1 aliphatic heterocycles. The van der Waals surface area contributed by atoms with Gasteiger partial charge in [-0.1, -0.05) is 12.1 Å². The largest absolute Gasteiger partial charge is 0.497 e. The molecule has 134 valence electrons. The van der Waals surface area contributed by atoms with E-state index in [9.17, 15) is 0 Å². The van der Waals surface area contributed by atoms with Gasteiger partial charge in [-0.2, -0.15) is 10.1 Å². The van der Waals surface area contributed by atoms with Crippen LogP contribution in [-0.2, 0) is 11.3 Å². The molecule has 3 rings (SSSR count). The number of rotatable bonds is 8. The smallest absolute Gasteiger partial charge is 0.244 e. The van der Waals surface area contributed by atoms with Crippen molar-refractivity contribution in [2.24, 2.45) is 0 Å². The number of aromatic nitrogens is 3. The molecule has 8 heteroatoms. The van der Waals surface area contributed by atoms with Crippen molar-refractivity contribution in [1.29, 1.82) is 0 Å². The highest BCUT2D eigenvalue weighted by molar-refractivity contribution is 5.38. The SMILES string of the molecule is COc1ccc(CNc2nncc(NCCN3CCOCC3)n2)cc1. The topological polar surface area (TPSA) is 84.4 Å². The van der Waals surface area contributed by atoms with E-state index in [2.05, 4.69) is 30.7 Å². The predicted octanol–water partition coefficient (Wildman–Crippen LogP) is 1.24. The molecule has 0 saturated carbocycles. The van der Waals surface area contributed by atoms with Crippen LogP contribution < -0.4 is 15.4 Å². The maximum Gasteiger partial charge on any atom is 0.244 e. The van der Waals surface area contributed by atoms with E-state index in [-0.39, 0.29) is 0 Å². The van der Waals surface area contributed by atoms with E-state index < -0.39 is 0 Å². The Kier molecular flexibility index (Phi) is 6.35. The normalized spacial score (nSPS) is 14.9. The number of hydrogen-bond donors (Lipinski definition) is 2. The fourth-order valence-corrected chi connectivity index (χ4v) is 2.55. The maximum absolute atomic E-state index is 5.35. The molecule has 0 bridgehead atoms. The molecule has 2 N–H and O–H groups in total. The second kappa shape index (κ2) is 9.14. The summed E-state index contributed by atoms with van der Waals surface area (Å²) in [6.45, 7) is 6.00. The summed E-state index contributed by atoms with van der Waals surface area (Å²) in [5.41, 5.74) is 1.12. The first kappa shape index (κ1) is 17.4. The summed E-state index contributed by atoms with van der Waals surface area (Å²) >= 11 is 0. The van der Waals surface area contributed by atoms with E-state index in [0.29, 0.717) is 12.5 Å². The molecule has 8 nitrogen and oxygen atoms in total. The third-order valence-electron chi connectivity index (χ3n) is 4.01. The van der Waals surface area contributed by atoms with Gasteiger partial charge in [-0.3, -0.25) is 4.90 Å². The number of methoxy groups -OCH3 is 1. The number of morpholine rings is 1. The van der Waals surface area contributed by atoms with Crippen LogP contribution in [0.25, 0.3) is 0 Å². The molecule has 1 aliphatic rings. The van der Waals surface area contributed by atoms with E-state index in [1.807, 2.05) is 24.3 Å². The lowest BCUT2D eigenvalue weighted by Crippen LogP contribution is -2.39. The minimum Gasteiger partial charge on any atom is -0.497 e. The minimum atomic E-state index is 0.507. The number of nitrogens with zero attached hydrogens (tertiary/aromatic N) is 4. The molecular weight excluding hydrogens is 320 g/mol. The van der Waals surface area contributed by atoms with Gasteiger partial charge in [-0.05, 0) is 17.7 Å². The molecule has 0 amide bonds. The molecule has 0 atom stereocenters. The zero-order valence-electron chi connectivity index (χ0n) is 14.4. The van der Waals surface area contributed by atoms with Gasteiger partial charge in [-0.15, -0.1) is 5.10 Å². The first-order valence-electron chi connectivity index (χ1n) is 8.44. The summed E-state index contributed by atoms with van der Waals surface area (Å²) in [6, 6.07) is 7.87. The van der Waals surface area contributed by atoms with Crippen LogP contribution in [-0.4, -0.2) is 66.6 Å². The molecule has 2 heterocycles. The number of ether oxygens (including phenoxy) is 2. The lowest BCUT2D eigenvalue weighted by Gasteiger charge is -2.26. The van der Waals surface area contributed by atoms with Crippen LogP contribution in [0.3, 0.4) is 0 Å². The number of nitrogens with one attached hydrogen (secondary N) is 2. The Morgan fingerprint density at radius 3 is 2.72 bits per heavy atom. The summed E-state index contributed by atoms with van der Waals surface area (Å²) in [5.74, 6) is 2.07. The summed E-state index contributed by atoms with van der Waals surface area (Å²) in [5, 5.41) is 14.5. The maximum atomic E-state index is 5.35. The molecule has 2 aromatic rings. The van der Waals surface area contributed by atoms with E-state index in [1.54, 1.807) is 13.3 Å². The van der Waals surface area contributed by atoms with Crippen LogP contribution in [0, 0.1) is 0 Å². The number of benzene rings is 1. The van der Waals surface area contributed by atoms with Gasteiger partial charge in [0.15, 0.2) is 5.82 Å². The molecule has 0 unspecified atom stereocenters. The number of anilines is 2. The molecule has 25 heavy (non-hydrogen) atoms. The van der Waals surface area contributed by atoms with E-state index in [1.165, 1.54) is 0 Å². The summed E-state index contributed by atoms with van der Waals surface area (Å²) in [6.07, 6.45) is 1.64. The second-order valence-electron chi connectivity index (χ2n) is 5.75. The van der Waals surface area contributed by atoms with E-state index in [4.69, 9.17) is 9.47 Å². The van der Waals surface area contributed by atoms with Crippen molar-refractivity contribution in [2.75, 3.05) is 57.1 Å². The van der Waals surface area contributed by atoms with Crippen LogP contribution in [0.4, 0.5) is 11.8 Å². The van der Waals surface area contributed by atoms with Crippen LogP contribution in [0.5, 0.6) is 5.75 Å². The summed E-state index contributed by atoms with van der Waals surface area (Å²) in [4.78, 5) is 6.81. The van der Waals surface area contributed by atoms with Crippen molar-refractivity contribution in [3.05, 3.63) is 36.0 Å². The highest BCUT2D eigenvalue weighted by Gasteiger charge is 2.09. The van der Waals surface area contributed by atoms with Crippen molar-refractivity contribution in [1.82, 2.24) is 20.1 Å². The molecule has 1 aromatic heterocycles. The lowest BCUT2D eigenvalue weighted by atomic mass is 10.2. The predicted molar refractivity (Wildman–Crippen MR) is 95.9 cm³/mol.